The number of rotatable bonds is 4. The minimum atomic E-state index is -4.65. The lowest BCUT2D eigenvalue weighted by Crippen LogP contribution is -2.27. The highest BCUT2D eigenvalue weighted by Gasteiger charge is 2.25. The van der Waals surface area contributed by atoms with Crippen molar-refractivity contribution in [2.24, 2.45) is 5.10 Å². The predicted octanol–water partition coefficient (Wildman–Crippen LogP) is 3.78. The molecule has 0 bridgehead atoms. The Morgan fingerprint density at radius 3 is 2.08 bits per heavy atom. The lowest BCUT2D eigenvalue weighted by atomic mass is 10.1. The molecule has 9 heteroatoms. The Balaban J connectivity index is 2.45. The summed E-state index contributed by atoms with van der Waals surface area (Å²) in [6.07, 6.45) is -3.85. The van der Waals surface area contributed by atoms with Crippen molar-refractivity contribution in [3.63, 3.8) is 0 Å². The molecule has 2 rings (SSSR count). The summed E-state index contributed by atoms with van der Waals surface area (Å²) >= 11 is 0. The third-order valence-electron chi connectivity index (χ3n) is 3.37. The van der Waals surface area contributed by atoms with Gasteiger partial charge in [-0.15, -0.1) is 0 Å². The average molecular weight is 383 g/mol. The van der Waals surface area contributed by atoms with Crippen LogP contribution in [0.25, 0.3) is 0 Å². The number of benzene rings is 2. The van der Waals surface area contributed by atoms with E-state index in [0.29, 0.717) is 5.56 Å². The van der Waals surface area contributed by atoms with Gasteiger partial charge in [-0.2, -0.15) is 18.3 Å². The number of alkyl halides is 3. The zero-order valence-corrected chi connectivity index (χ0v) is 14.8. The third-order valence-corrected chi connectivity index (χ3v) is 4.49. The smallest absolute Gasteiger partial charge is 0.282 e. The van der Waals surface area contributed by atoms with Crippen molar-refractivity contribution in [2.75, 3.05) is 11.3 Å². The summed E-state index contributed by atoms with van der Waals surface area (Å²) < 4.78 is 60.7. The Morgan fingerprint density at radius 2 is 1.62 bits per heavy atom. The molecule has 2 aromatic rings. The largest absolute Gasteiger partial charge is 0.428 e. The molecule has 138 valence electrons. The molecule has 0 atom stereocenters. The van der Waals surface area contributed by atoms with Crippen LogP contribution >= 0.6 is 0 Å². The first kappa shape index (κ1) is 19.6. The van der Waals surface area contributed by atoms with E-state index in [4.69, 9.17) is 5.41 Å². The molecule has 0 heterocycles. The second-order valence-electron chi connectivity index (χ2n) is 5.58. The summed E-state index contributed by atoms with van der Waals surface area (Å²) in [6.45, 7) is 1.84. The Hall–Kier alpha value is -2.68. The molecule has 0 spiro atoms. The fraction of sp³-hybridized carbons (Fsp3) is 0.176. The van der Waals surface area contributed by atoms with Crippen LogP contribution in [0, 0.1) is 12.3 Å². The molecule has 5 nitrogen and oxygen atoms in total. The molecule has 26 heavy (non-hydrogen) atoms. The number of nitrogens with zero attached hydrogens (tertiary/aromatic N) is 2. The van der Waals surface area contributed by atoms with Gasteiger partial charge in [-0.1, -0.05) is 29.8 Å². The average Bonchev–Trinajstić information content (AvgIpc) is 2.54. The van der Waals surface area contributed by atoms with Crippen molar-refractivity contribution in [1.82, 2.24) is 0 Å². The molecule has 0 fully saturated rings. The lowest BCUT2D eigenvalue weighted by Gasteiger charge is -2.20. The Morgan fingerprint density at radius 1 is 1.08 bits per heavy atom. The molecule has 0 saturated heterocycles. The second kappa shape index (κ2) is 7.28. The Labute approximate surface area is 149 Å². The van der Waals surface area contributed by atoms with Crippen molar-refractivity contribution in [2.45, 2.75) is 18.0 Å². The van der Waals surface area contributed by atoms with Crippen LogP contribution in [0.5, 0.6) is 0 Å². The van der Waals surface area contributed by atoms with Gasteiger partial charge in [0.2, 0.25) is 0 Å². The fourth-order valence-electron chi connectivity index (χ4n) is 2.04. The van der Waals surface area contributed by atoms with Crippen LogP contribution in [-0.4, -0.2) is 32.9 Å². The maximum Gasteiger partial charge on any atom is 0.428 e. The van der Waals surface area contributed by atoms with E-state index < -0.39 is 16.0 Å². The maximum absolute atomic E-state index is 12.5. The van der Waals surface area contributed by atoms with Gasteiger partial charge in [-0.3, -0.25) is 5.41 Å². The van der Waals surface area contributed by atoms with Gasteiger partial charge in [0.05, 0.1) is 10.6 Å². The van der Waals surface area contributed by atoms with Crippen molar-refractivity contribution in [1.29, 1.82) is 5.41 Å². The molecule has 0 radical (unpaired) electrons. The number of hydrazone groups is 1. The van der Waals surface area contributed by atoms with E-state index in [0.717, 1.165) is 16.8 Å². The number of anilines is 1. The number of hydrogen-bond donors (Lipinski definition) is 1. The van der Waals surface area contributed by atoms with Crippen LogP contribution in [0.1, 0.15) is 11.1 Å². The molecule has 2 aromatic carbocycles. The molecule has 0 unspecified atom stereocenters. The summed E-state index contributed by atoms with van der Waals surface area (Å²) in [4.78, 5) is 0.0165. The van der Waals surface area contributed by atoms with E-state index in [2.05, 4.69) is 5.10 Å². The SMILES string of the molecule is Cc1ccc(C(=N)N(/N=C/C(F)(F)F)c2ccc(S(C)(=O)=O)cc2)cc1. The van der Waals surface area contributed by atoms with Crippen molar-refractivity contribution in [3.8, 4) is 0 Å². The number of aryl methyl sites for hydroxylation is 1. The van der Waals surface area contributed by atoms with Gasteiger partial charge in [0, 0.05) is 11.8 Å². The summed E-state index contributed by atoms with van der Waals surface area (Å²) in [5, 5.41) is 12.4. The highest BCUT2D eigenvalue weighted by atomic mass is 32.2. The summed E-state index contributed by atoms with van der Waals surface area (Å²) in [7, 11) is -3.45. The highest BCUT2D eigenvalue weighted by molar-refractivity contribution is 7.90. The van der Waals surface area contributed by atoms with Gasteiger partial charge < -0.3 is 0 Å². The van der Waals surface area contributed by atoms with Crippen LogP contribution < -0.4 is 5.01 Å². The molecular formula is C17H16F3N3O2S. The predicted molar refractivity (Wildman–Crippen MR) is 94.6 cm³/mol. The summed E-state index contributed by atoms with van der Waals surface area (Å²) in [5.74, 6) is -0.280. The maximum atomic E-state index is 12.5. The Bertz CT molecular complexity index is 919. The van der Waals surface area contributed by atoms with Gasteiger partial charge in [0.25, 0.3) is 0 Å². The fourth-order valence-corrected chi connectivity index (χ4v) is 2.68. The number of sulfone groups is 1. The minimum Gasteiger partial charge on any atom is -0.282 e. The molecule has 0 aliphatic carbocycles. The van der Waals surface area contributed by atoms with E-state index >= 15 is 0 Å². The molecule has 0 aliphatic rings. The van der Waals surface area contributed by atoms with Crippen LogP contribution in [0.4, 0.5) is 18.9 Å². The summed E-state index contributed by atoms with van der Waals surface area (Å²) in [5.41, 5.74) is 1.43. The molecule has 0 aliphatic heterocycles. The van der Waals surface area contributed by atoms with E-state index in [1.54, 1.807) is 24.3 Å². The number of nitrogens with one attached hydrogen (secondary N) is 1. The van der Waals surface area contributed by atoms with Crippen LogP contribution in [0.3, 0.4) is 0 Å². The first-order valence-electron chi connectivity index (χ1n) is 7.35. The summed E-state index contributed by atoms with van der Waals surface area (Å²) in [6, 6.07) is 11.7. The highest BCUT2D eigenvalue weighted by Crippen LogP contribution is 2.22. The molecule has 0 saturated carbocycles. The monoisotopic (exact) mass is 383 g/mol. The number of amidine groups is 1. The Kier molecular flexibility index (Phi) is 5.50. The third kappa shape index (κ3) is 5.16. The lowest BCUT2D eigenvalue weighted by molar-refractivity contribution is -0.0537. The van der Waals surface area contributed by atoms with Crippen molar-refractivity contribution in [3.05, 3.63) is 59.7 Å². The quantitative estimate of drug-likeness (QED) is 0.496. The van der Waals surface area contributed by atoms with E-state index in [-0.39, 0.29) is 22.6 Å². The molecule has 0 aromatic heterocycles. The normalized spacial score (nSPS) is 12.3. The van der Waals surface area contributed by atoms with Crippen molar-refractivity contribution >= 4 is 27.6 Å². The zero-order valence-electron chi connectivity index (χ0n) is 13.9. The second-order valence-corrected chi connectivity index (χ2v) is 7.59. The van der Waals surface area contributed by atoms with Gasteiger partial charge in [0.1, 0.15) is 6.21 Å². The topological polar surface area (TPSA) is 73.6 Å². The van der Waals surface area contributed by atoms with Gasteiger partial charge in [-0.25, -0.2) is 13.4 Å². The van der Waals surface area contributed by atoms with Gasteiger partial charge in [0.15, 0.2) is 15.7 Å². The van der Waals surface area contributed by atoms with Crippen molar-refractivity contribution < 1.29 is 21.6 Å². The number of halogens is 3. The molecule has 0 amide bonds. The van der Waals surface area contributed by atoms with E-state index in [9.17, 15) is 21.6 Å². The van der Waals surface area contributed by atoms with Gasteiger partial charge in [-0.05, 0) is 31.2 Å². The van der Waals surface area contributed by atoms with E-state index in [1.807, 2.05) is 6.92 Å². The first-order chi connectivity index (χ1) is 12.0. The van der Waals surface area contributed by atoms with Crippen LogP contribution in [-0.2, 0) is 9.84 Å². The number of hydrogen-bond acceptors (Lipinski definition) is 4. The first-order valence-corrected chi connectivity index (χ1v) is 9.24. The zero-order chi connectivity index (χ0) is 19.5. The minimum absolute atomic E-state index is 0.0165. The van der Waals surface area contributed by atoms with E-state index in [1.165, 1.54) is 24.3 Å². The molecular weight excluding hydrogens is 367 g/mol. The standard InChI is InChI=1S/C17H16F3N3O2S/c1-12-3-5-13(6-4-12)16(21)23(22-11-17(18,19)20)14-7-9-15(10-8-14)26(2,24)25/h3-11,21H,1-2H3/b21-16?,22-11+. The molecule has 1 N–H and O–H groups in total. The van der Waals surface area contributed by atoms with Gasteiger partial charge >= 0.3 is 6.18 Å². The van der Waals surface area contributed by atoms with Crippen LogP contribution in [0.2, 0.25) is 0 Å². The van der Waals surface area contributed by atoms with Crippen LogP contribution in [0.15, 0.2) is 58.5 Å².